The van der Waals surface area contributed by atoms with Gasteiger partial charge >= 0.3 is 0 Å². The van der Waals surface area contributed by atoms with Gasteiger partial charge in [0.1, 0.15) is 12.9 Å². The van der Waals surface area contributed by atoms with Gasteiger partial charge in [-0.1, -0.05) is 13.8 Å². The number of anilines is 2. The summed E-state index contributed by atoms with van der Waals surface area (Å²) < 4.78 is 2.88. The van der Waals surface area contributed by atoms with Gasteiger partial charge in [-0.25, -0.2) is 4.68 Å². The Labute approximate surface area is 173 Å². The van der Waals surface area contributed by atoms with Crippen molar-refractivity contribution in [3.05, 3.63) is 46.8 Å². The molecule has 0 bridgehead atoms. The van der Waals surface area contributed by atoms with Gasteiger partial charge in [-0.3, -0.25) is 14.0 Å². The van der Waals surface area contributed by atoms with E-state index in [0.29, 0.717) is 11.3 Å². The molecule has 0 aromatic carbocycles. The van der Waals surface area contributed by atoms with Crippen LogP contribution in [-0.4, -0.2) is 54.6 Å². The molecule has 1 fully saturated rings. The molecule has 1 aliphatic rings. The van der Waals surface area contributed by atoms with E-state index in [2.05, 4.69) is 25.5 Å². The molecule has 3 aromatic heterocycles. The highest BCUT2D eigenvalue weighted by atomic mass is 16.3. The normalized spacial score (nSPS) is 16.5. The van der Waals surface area contributed by atoms with Crippen molar-refractivity contribution in [1.29, 1.82) is 0 Å². The second-order valence-corrected chi connectivity index (χ2v) is 7.80. The van der Waals surface area contributed by atoms with Gasteiger partial charge in [0.25, 0.3) is 5.56 Å². The Kier molecular flexibility index (Phi) is 5.49. The Balaban J connectivity index is 1.56. The smallest absolute Gasteiger partial charge is 0.269 e. The molecule has 0 spiro atoms. The number of carbonyl (C=O) groups is 1. The number of carbonyl (C=O) groups excluding carboxylic acids is 1. The number of amides is 1. The van der Waals surface area contributed by atoms with Crippen LogP contribution in [0.4, 0.5) is 11.4 Å². The third-order valence-corrected chi connectivity index (χ3v) is 5.32. The minimum absolute atomic E-state index is 0.00423. The Morgan fingerprint density at radius 3 is 2.97 bits per heavy atom. The van der Waals surface area contributed by atoms with E-state index in [-0.39, 0.29) is 36.6 Å². The maximum atomic E-state index is 12.7. The zero-order chi connectivity index (χ0) is 21.3. The number of aliphatic hydroxyl groups excluding tert-OH is 1. The molecular formula is C20H25N7O3. The predicted octanol–water partition coefficient (Wildman–Crippen LogP) is 1.01. The Morgan fingerprint density at radius 1 is 1.37 bits per heavy atom. The van der Waals surface area contributed by atoms with E-state index in [1.807, 2.05) is 13.8 Å². The van der Waals surface area contributed by atoms with Crippen LogP contribution in [0.1, 0.15) is 38.3 Å². The molecule has 0 radical (unpaired) electrons. The highest BCUT2D eigenvalue weighted by Crippen LogP contribution is 2.30. The zero-order valence-electron chi connectivity index (χ0n) is 17.0. The molecule has 2 N–H and O–H groups in total. The van der Waals surface area contributed by atoms with Gasteiger partial charge in [-0.15, -0.1) is 10.2 Å². The molecule has 1 atom stereocenters. The molecule has 10 nitrogen and oxygen atoms in total. The minimum Gasteiger partial charge on any atom is -0.394 e. The summed E-state index contributed by atoms with van der Waals surface area (Å²) in [6.45, 7) is 4.63. The van der Waals surface area contributed by atoms with Crippen molar-refractivity contribution in [3.8, 4) is 0 Å². The van der Waals surface area contributed by atoms with E-state index >= 15 is 0 Å². The van der Waals surface area contributed by atoms with Crippen molar-refractivity contribution in [2.75, 3.05) is 23.4 Å². The number of nitrogens with zero attached hydrogens (tertiary/aromatic N) is 6. The number of rotatable bonds is 6. The first kappa shape index (κ1) is 20.0. The van der Waals surface area contributed by atoms with Crippen LogP contribution in [0.15, 0.2) is 35.5 Å². The predicted molar refractivity (Wildman–Crippen MR) is 112 cm³/mol. The van der Waals surface area contributed by atoms with Gasteiger partial charge in [0, 0.05) is 18.8 Å². The molecule has 158 valence electrons. The first-order valence-corrected chi connectivity index (χ1v) is 10.0. The number of hydrogen-bond acceptors (Lipinski definition) is 7. The Bertz CT molecular complexity index is 1120. The molecule has 0 saturated carbocycles. The van der Waals surface area contributed by atoms with Crippen molar-refractivity contribution in [2.45, 2.75) is 45.2 Å². The first-order chi connectivity index (χ1) is 14.5. The quantitative estimate of drug-likeness (QED) is 0.621. The zero-order valence-corrected chi connectivity index (χ0v) is 17.0. The van der Waals surface area contributed by atoms with Crippen molar-refractivity contribution < 1.29 is 9.90 Å². The van der Waals surface area contributed by atoms with Gasteiger partial charge in [0.05, 0.1) is 29.7 Å². The minimum atomic E-state index is -0.353. The van der Waals surface area contributed by atoms with Crippen LogP contribution in [-0.2, 0) is 11.3 Å². The highest BCUT2D eigenvalue weighted by Gasteiger charge is 2.28. The van der Waals surface area contributed by atoms with Crippen LogP contribution in [0, 0.1) is 0 Å². The number of nitrogens with one attached hydrogen (secondary N) is 1. The molecule has 1 amide bonds. The molecule has 3 aromatic rings. The van der Waals surface area contributed by atoms with Crippen LogP contribution in [0.3, 0.4) is 0 Å². The van der Waals surface area contributed by atoms with Crippen molar-refractivity contribution in [3.63, 3.8) is 0 Å². The summed E-state index contributed by atoms with van der Waals surface area (Å²) in [6.07, 6.45) is 5.10. The molecule has 30 heavy (non-hydrogen) atoms. The van der Waals surface area contributed by atoms with E-state index in [4.69, 9.17) is 0 Å². The molecule has 4 heterocycles. The molecule has 0 unspecified atom stereocenters. The Morgan fingerprint density at radius 2 is 2.20 bits per heavy atom. The van der Waals surface area contributed by atoms with Crippen LogP contribution in [0.2, 0.25) is 0 Å². The lowest BCUT2D eigenvalue weighted by Gasteiger charge is -2.28. The summed E-state index contributed by atoms with van der Waals surface area (Å²) in [4.78, 5) is 27.3. The van der Waals surface area contributed by atoms with Gasteiger partial charge in [0.2, 0.25) is 5.91 Å². The average molecular weight is 411 g/mol. The number of fused-ring (bicyclic) bond motifs is 1. The summed E-state index contributed by atoms with van der Waals surface area (Å²) in [5.41, 5.74) is 2.40. The van der Waals surface area contributed by atoms with Gasteiger partial charge < -0.3 is 15.3 Å². The van der Waals surface area contributed by atoms with Crippen molar-refractivity contribution in [2.24, 2.45) is 0 Å². The summed E-state index contributed by atoms with van der Waals surface area (Å²) in [6, 6.07) is 5.00. The lowest BCUT2D eigenvalue weighted by Crippen LogP contribution is -2.37. The van der Waals surface area contributed by atoms with Gasteiger partial charge in [-0.2, -0.15) is 5.10 Å². The second-order valence-electron chi connectivity index (χ2n) is 7.80. The number of pyridine rings is 1. The van der Waals surface area contributed by atoms with Gasteiger partial charge in [-0.05, 0) is 30.9 Å². The van der Waals surface area contributed by atoms with E-state index < -0.39 is 0 Å². The molecule has 1 saturated heterocycles. The van der Waals surface area contributed by atoms with Crippen molar-refractivity contribution in [1.82, 2.24) is 24.4 Å². The molecule has 4 rings (SSSR count). The lowest BCUT2D eigenvalue weighted by atomic mass is 10.1. The van der Waals surface area contributed by atoms with Crippen LogP contribution in [0.5, 0.6) is 0 Å². The first-order valence-electron chi connectivity index (χ1n) is 10.0. The maximum absolute atomic E-state index is 12.7. The fraction of sp³-hybridized carbons (Fsp3) is 0.450. The number of aromatic nitrogens is 5. The van der Waals surface area contributed by atoms with E-state index in [1.54, 1.807) is 29.1 Å². The van der Waals surface area contributed by atoms with Gasteiger partial charge in [0.15, 0.2) is 5.65 Å². The standard InChI is InChI=1S/C20H25N7O3/c1-13(2)20-16(26-7-3-4-15(26)11-28)8-19(30)27(24-20)10-18(29)22-14-5-6-17-23-21-12-25(17)9-14/h5-6,8-9,12-13,15,28H,3-4,7,10-11H2,1-2H3,(H,22,29)/t15-/m0/s1. The largest absolute Gasteiger partial charge is 0.394 e. The molecule has 0 aliphatic carbocycles. The van der Waals surface area contributed by atoms with E-state index in [9.17, 15) is 14.7 Å². The summed E-state index contributed by atoms with van der Waals surface area (Å²) >= 11 is 0. The summed E-state index contributed by atoms with van der Waals surface area (Å²) in [5.74, 6) is -0.292. The fourth-order valence-corrected chi connectivity index (χ4v) is 3.83. The summed E-state index contributed by atoms with van der Waals surface area (Å²) in [7, 11) is 0. The third-order valence-electron chi connectivity index (χ3n) is 5.32. The fourth-order valence-electron chi connectivity index (χ4n) is 3.83. The van der Waals surface area contributed by atoms with Crippen LogP contribution < -0.4 is 15.8 Å². The molecular weight excluding hydrogens is 386 g/mol. The number of hydrogen-bond donors (Lipinski definition) is 2. The molecule has 10 heteroatoms. The average Bonchev–Trinajstić information content (AvgIpc) is 3.37. The topological polar surface area (TPSA) is 118 Å². The van der Waals surface area contributed by atoms with Crippen molar-refractivity contribution >= 4 is 22.9 Å². The summed E-state index contributed by atoms with van der Waals surface area (Å²) in [5, 5.41) is 24.7. The third kappa shape index (κ3) is 3.90. The number of aliphatic hydroxyl groups is 1. The van der Waals surface area contributed by atoms with E-state index in [1.165, 1.54) is 10.7 Å². The highest BCUT2D eigenvalue weighted by molar-refractivity contribution is 5.90. The molecule has 1 aliphatic heterocycles. The maximum Gasteiger partial charge on any atom is 0.269 e. The monoisotopic (exact) mass is 411 g/mol. The van der Waals surface area contributed by atoms with E-state index in [0.717, 1.165) is 30.8 Å². The lowest BCUT2D eigenvalue weighted by molar-refractivity contribution is -0.117. The van der Waals surface area contributed by atoms with Crippen LogP contribution in [0.25, 0.3) is 5.65 Å². The van der Waals surface area contributed by atoms with Crippen LogP contribution >= 0.6 is 0 Å². The second kappa shape index (κ2) is 8.23. The Hall–Kier alpha value is -3.27. The SMILES string of the molecule is CC(C)c1nn(CC(=O)Nc2ccc3nncn3c2)c(=O)cc1N1CCC[C@H]1CO.